The number of furan rings is 1. The number of hydrogen-bond donors (Lipinski definition) is 1. The number of sulfonamides is 1. The molecule has 5 nitrogen and oxygen atoms in total. The molecule has 0 radical (unpaired) electrons. The molecule has 0 fully saturated rings. The highest BCUT2D eigenvalue weighted by Gasteiger charge is 2.10. The number of nitrogens with one attached hydrogen (secondary N) is 1. The topological polar surface area (TPSA) is 76.4 Å². The quantitative estimate of drug-likeness (QED) is 0.810. The third kappa shape index (κ3) is 4.86. The lowest BCUT2D eigenvalue weighted by Crippen LogP contribution is -2.30. The average Bonchev–Trinajstić information content (AvgIpc) is 2.60. The van der Waals surface area contributed by atoms with Crippen molar-refractivity contribution in [3.8, 4) is 0 Å². The third-order valence-corrected chi connectivity index (χ3v) is 3.35. The molecule has 0 aliphatic heterocycles. The van der Waals surface area contributed by atoms with Crippen LogP contribution < -0.4 is 4.72 Å². The van der Waals surface area contributed by atoms with Crippen LogP contribution in [0.5, 0.6) is 0 Å². The second-order valence-corrected chi connectivity index (χ2v) is 5.41. The van der Waals surface area contributed by atoms with Gasteiger partial charge in [-0.1, -0.05) is 6.92 Å². The van der Waals surface area contributed by atoms with Crippen molar-refractivity contribution in [3.05, 3.63) is 29.7 Å². The van der Waals surface area contributed by atoms with E-state index >= 15 is 0 Å². The summed E-state index contributed by atoms with van der Waals surface area (Å²) in [5.74, 6) is 0.494. The van der Waals surface area contributed by atoms with Crippen LogP contribution in [-0.2, 0) is 14.8 Å². The van der Waals surface area contributed by atoms with Gasteiger partial charge in [0.1, 0.15) is 11.5 Å². The van der Waals surface area contributed by atoms with Crippen LogP contribution in [-0.4, -0.2) is 20.1 Å². The van der Waals surface area contributed by atoms with Crippen molar-refractivity contribution in [2.45, 2.75) is 20.3 Å². The molecular weight excluding hydrogens is 242 g/mol. The first-order chi connectivity index (χ1) is 7.93. The minimum absolute atomic E-state index is 0.0631. The summed E-state index contributed by atoms with van der Waals surface area (Å²) in [5, 5.41) is 0. The van der Waals surface area contributed by atoms with Crippen LogP contribution >= 0.6 is 0 Å². The molecular formula is C11H15NO4S. The molecule has 0 saturated carbocycles. The first kappa shape index (κ1) is 13.5. The first-order valence-electron chi connectivity index (χ1n) is 5.22. The van der Waals surface area contributed by atoms with E-state index in [4.69, 9.17) is 4.42 Å². The third-order valence-electron chi connectivity index (χ3n) is 1.89. The number of aryl methyl sites for hydroxylation is 1. The number of rotatable bonds is 5. The van der Waals surface area contributed by atoms with Gasteiger partial charge in [-0.05, 0) is 31.6 Å². The van der Waals surface area contributed by atoms with E-state index in [0.29, 0.717) is 12.2 Å². The maximum absolute atomic E-state index is 11.3. The molecule has 0 aromatic carbocycles. The summed E-state index contributed by atoms with van der Waals surface area (Å²) in [6, 6.07) is 3.45. The van der Waals surface area contributed by atoms with Gasteiger partial charge in [0.15, 0.2) is 0 Å². The summed E-state index contributed by atoms with van der Waals surface area (Å²) in [6.07, 6.45) is 3.01. The molecule has 94 valence electrons. The van der Waals surface area contributed by atoms with Gasteiger partial charge in [0, 0.05) is 6.08 Å². The summed E-state index contributed by atoms with van der Waals surface area (Å²) in [5.41, 5.74) is 0. The van der Waals surface area contributed by atoms with Gasteiger partial charge in [0.05, 0.1) is 5.75 Å². The Bertz CT molecular complexity index is 513. The number of carbonyl (C=O) groups excluding carboxylic acids is 1. The van der Waals surface area contributed by atoms with E-state index < -0.39 is 15.9 Å². The molecule has 1 N–H and O–H groups in total. The Hall–Kier alpha value is -1.56. The zero-order chi connectivity index (χ0) is 12.9. The molecule has 6 heteroatoms. The summed E-state index contributed by atoms with van der Waals surface area (Å²) in [4.78, 5) is 11.3. The Morgan fingerprint density at radius 3 is 2.71 bits per heavy atom. The minimum Gasteiger partial charge on any atom is -0.462 e. The first-order valence-corrected chi connectivity index (χ1v) is 6.87. The van der Waals surface area contributed by atoms with Crippen molar-refractivity contribution in [3.63, 3.8) is 0 Å². The number of hydrogen-bond acceptors (Lipinski definition) is 4. The lowest BCUT2D eigenvalue weighted by Gasteiger charge is -2.01. The van der Waals surface area contributed by atoms with E-state index in [-0.39, 0.29) is 5.75 Å². The number of carbonyl (C=O) groups is 1. The standard InChI is InChI=1S/C11H15NO4S/c1-3-8-17(14,15)12-11(13)7-6-10-5-4-9(2)16-10/h4-7H,3,8H2,1-2H3,(H,12,13). The Kier molecular flexibility index (Phi) is 4.51. The second kappa shape index (κ2) is 5.67. The zero-order valence-corrected chi connectivity index (χ0v) is 10.6. The molecule has 1 rings (SSSR count). The average molecular weight is 257 g/mol. The van der Waals surface area contributed by atoms with Crippen molar-refractivity contribution < 1.29 is 17.6 Å². The summed E-state index contributed by atoms with van der Waals surface area (Å²) in [7, 11) is -3.51. The minimum atomic E-state index is -3.51. The molecule has 0 aliphatic rings. The van der Waals surface area contributed by atoms with Crippen LogP contribution in [0, 0.1) is 6.92 Å². The van der Waals surface area contributed by atoms with Crippen molar-refractivity contribution in [1.82, 2.24) is 4.72 Å². The van der Waals surface area contributed by atoms with Gasteiger partial charge in [-0.2, -0.15) is 0 Å². The Morgan fingerprint density at radius 1 is 1.47 bits per heavy atom. The van der Waals surface area contributed by atoms with Gasteiger partial charge in [0.25, 0.3) is 5.91 Å². The predicted molar refractivity (Wildman–Crippen MR) is 64.7 cm³/mol. The van der Waals surface area contributed by atoms with Gasteiger partial charge in [0.2, 0.25) is 10.0 Å². The van der Waals surface area contributed by atoms with Crippen molar-refractivity contribution in [2.75, 3.05) is 5.75 Å². The number of amides is 1. The van der Waals surface area contributed by atoms with E-state index in [9.17, 15) is 13.2 Å². The molecule has 0 aliphatic carbocycles. The Balaban J connectivity index is 2.58. The van der Waals surface area contributed by atoms with Crippen LogP contribution in [0.4, 0.5) is 0 Å². The summed E-state index contributed by atoms with van der Waals surface area (Å²) < 4.78 is 29.7. The fourth-order valence-electron chi connectivity index (χ4n) is 1.21. The van der Waals surface area contributed by atoms with Crippen molar-refractivity contribution in [2.24, 2.45) is 0 Å². The normalized spacial score (nSPS) is 11.9. The summed E-state index contributed by atoms with van der Waals surface area (Å²) >= 11 is 0. The van der Waals surface area contributed by atoms with Crippen LogP contribution in [0.15, 0.2) is 22.6 Å². The SMILES string of the molecule is CCCS(=O)(=O)NC(=O)C=Cc1ccc(C)o1. The molecule has 0 unspecified atom stereocenters. The van der Waals surface area contributed by atoms with Crippen LogP contribution in [0.2, 0.25) is 0 Å². The van der Waals surface area contributed by atoms with Crippen LogP contribution in [0.3, 0.4) is 0 Å². The molecule has 17 heavy (non-hydrogen) atoms. The van der Waals surface area contributed by atoms with E-state index in [0.717, 1.165) is 11.8 Å². The highest BCUT2D eigenvalue weighted by molar-refractivity contribution is 7.90. The smallest absolute Gasteiger partial charge is 0.257 e. The molecule has 0 saturated heterocycles. The van der Waals surface area contributed by atoms with Crippen LogP contribution in [0.1, 0.15) is 24.9 Å². The zero-order valence-electron chi connectivity index (χ0n) is 9.76. The van der Waals surface area contributed by atoms with Gasteiger partial charge < -0.3 is 4.42 Å². The largest absolute Gasteiger partial charge is 0.462 e. The van der Waals surface area contributed by atoms with E-state index in [1.54, 1.807) is 26.0 Å². The van der Waals surface area contributed by atoms with Crippen molar-refractivity contribution >= 4 is 22.0 Å². The fraction of sp³-hybridized carbons (Fsp3) is 0.364. The monoisotopic (exact) mass is 257 g/mol. The van der Waals surface area contributed by atoms with E-state index in [1.807, 2.05) is 4.72 Å². The molecule has 0 bridgehead atoms. The lowest BCUT2D eigenvalue weighted by molar-refractivity contribution is -0.114. The van der Waals surface area contributed by atoms with Crippen LogP contribution in [0.25, 0.3) is 6.08 Å². The molecule has 0 atom stereocenters. The summed E-state index contributed by atoms with van der Waals surface area (Å²) in [6.45, 7) is 3.51. The Morgan fingerprint density at radius 2 is 2.18 bits per heavy atom. The van der Waals surface area contributed by atoms with Gasteiger partial charge >= 0.3 is 0 Å². The maximum Gasteiger partial charge on any atom is 0.257 e. The van der Waals surface area contributed by atoms with E-state index in [1.165, 1.54) is 6.08 Å². The molecule has 1 aromatic rings. The fourth-order valence-corrected chi connectivity index (χ4v) is 2.22. The Labute approximate surface area is 101 Å². The molecule has 1 aromatic heterocycles. The molecule has 0 spiro atoms. The van der Waals surface area contributed by atoms with Crippen molar-refractivity contribution in [1.29, 1.82) is 0 Å². The molecule has 1 amide bonds. The van der Waals surface area contributed by atoms with Gasteiger partial charge in [-0.25, -0.2) is 13.1 Å². The second-order valence-electron chi connectivity index (χ2n) is 3.57. The maximum atomic E-state index is 11.3. The lowest BCUT2D eigenvalue weighted by atomic mass is 10.4. The highest BCUT2D eigenvalue weighted by atomic mass is 32.2. The van der Waals surface area contributed by atoms with Gasteiger partial charge in [-0.15, -0.1) is 0 Å². The van der Waals surface area contributed by atoms with E-state index in [2.05, 4.69) is 0 Å². The van der Waals surface area contributed by atoms with Gasteiger partial charge in [-0.3, -0.25) is 4.79 Å². The molecule has 1 heterocycles. The highest BCUT2D eigenvalue weighted by Crippen LogP contribution is 2.07. The predicted octanol–water partition coefficient (Wildman–Crippen LogP) is 1.46.